The van der Waals surface area contributed by atoms with Gasteiger partial charge in [0.1, 0.15) is 11.4 Å². The fraction of sp³-hybridized carbons (Fsp3) is 0.667. The summed E-state index contributed by atoms with van der Waals surface area (Å²) in [6.07, 6.45) is 3.55. The molecule has 0 aliphatic heterocycles. The Balaban J connectivity index is 1.94. The third-order valence-electron chi connectivity index (χ3n) is 4.55. The van der Waals surface area contributed by atoms with E-state index in [0.717, 1.165) is 18.5 Å². The van der Waals surface area contributed by atoms with Crippen LogP contribution in [0.15, 0.2) is 18.2 Å². The van der Waals surface area contributed by atoms with Gasteiger partial charge < -0.3 is 20.5 Å². The molecule has 0 spiro atoms. The first-order valence-electron chi connectivity index (χ1n) is 9.44. The number of nitrogens with one attached hydrogen (secondary N) is 1. The molecule has 2 atom stereocenters. The Labute approximate surface area is 157 Å². The molecule has 0 radical (unpaired) electrons. The number of carbonyl (C=O) groups excluding carboxylic acids is 1. The summed E-state index contributed by atoms with van der Waals surface area (Å²) < 4.78 is 10.7. The van der Waals surface area contributed by atoms with E-state index >= 15 is 0 Å². The number of anilines is 2. The van der Waals surface area contributed by atoms with Crippen LogP contribution in [0.1, 0.15) is 60.8 Å². The Hall–Kier alpha value is -1.91. The number of esters is 1. The highest BCUT2D eigenvalue weighted by molar-refractivity contribution is 5.72. The second-order valence-corrected chi connectivity index (χ2v) is 9.38. The standard InChI is InChI=1S/C21H34N2O3/c1-14-9-15(12-21(5,6)11-14)23-18-8-7-16(10-17(18)22)25-13-19(24)26-20(2,3)4/h7-8,10,14-15,23H,9,11-13,22H2,1-6H3/t14-,15+/m0/s1. The zero-order chi connectivity index (χ0) is 19.5. The van der Waals surface area contributed by atoms with Crippen LogP contribution in [0.5, 0.6) is 5.75 Å². The summed E-state index contributed by atoms with van der Waals surface area (Å²) in [5.74, 6) is 0.877. The van der Waals surface area contributed by atoms with Crippen LogP contribution in [0, 0.1) is 11.3 Å². The van der Waals surface area contributed by atoms with E-state index in [4.69, 9.17) is 15.2 Å². The number of hydrogen-bond acceptors (Lipinski definition) is 5. The quantitative estimate of drug-likeness (QED) is 0.591. The molecule has 2 rings (SSSR count). The second-order valence-electron chi connectivity index (χ2n) is 9.38. The molecule has 0 amide bonds. The maximum Gasteiger partial charge on any atom is 0.344 e. The molecular weight excluding hydrogens is 328 g/mol. The van der Waals surface area contributed by atoms with E-state index in [9.17, 15) is 4.79 Å². The van der Waals surface area contributed by atoms with Crippen molar-refractivity contribution in [2.24, 2.45) is 11.3 Å². The van der Waals surface area contributed by atoms with Gasteiger partial charge in [0.25, 0.3) is 0 Å². The highest BCUT2D eigenvalue weighted by Gasteiger charge is 2.32. The van der Waals surface area contributed by atoms with Gasteiger partial charge in [-0.2, -0.15) is 0 Å². The smallest absolute Gasteiger partial charge is 0.344 e. The van der Waals surface area contributed by atoms with Crippen molar-refractivity contribution in [2.75, 3.05) is 17.7 Å². The summed E-state index contributed by atoms with van der Waals surface area (Å²) in [5, 5.41) is 3.59. The van der Waals surface area contributed by atoms with Gasteiger partial charge in [-0.3, -0.25) is 0 Å². The third-order valence-corrected chi connectivity index (χ3v) is 4.55. The van der Waals surface area contributed by atoms with Crippen LogP contribution in [0.2, 0.25) is 0 Å². The summed E-state index contributed by atoms with van der Waals surface area (Å²) in [7, 11) is 0. The van der Waals surface area contributed by atoms with Crippen molar-refractivity contribution in [3.63, 3.8) is 0 Å². The lowest BCUT2D eigenvalue weighted by Gasteiger charge is -2.39. The average Bonchev–Trinajstić information content (AvgIpc) is 2.43. The molecule has 0 unspecified atom stereocenters. The SMILES string of the molecule is C[C@H]1C[C@@H](Nc2ccc(OCC(=O)OC(C)(C)C)cc2N)CC(C)(C)C1. The average molecular weight is 363 g/mol. The highest BCUT2D eigenvalue weighted by atomic mass is 16.6. The second kappa shape index (κ2) is 7.77. The zero-order valence-corrected chi connectivity index (χ0v) is 17.0. The van der Waals surface area contributed by atoms with E-state index in [2.05, 4.69) is 26.1 Å². The molecular formula is C21H34N2O3. The zero-order valence-electron chi connectivity index (χ0n) is 17.0. The number of carbonyl (C=O) groups is 1. The van der Waals surface area contributed by atoms with Gasteiger partial charge in [0.05, 0.1) is 11.4 Å². The van der Waals surface area contributed by atoms with E-state index in [1.807, 2.05) is 32.9 Å². The molecule has 1 fully saturated rings. The third kappa shape index (κ3) is 6.43. The van der Waals surface area contributed by atoms with Gasteiger partial charge in [0.15, 0.2) is 6.61 Å². The molecule has 0 heterocycles. The van der Waals surface area contributed by atoms with Crippen LogP contribution in [0.3, 0.4) is 0 Å². The molecule has 5 heteroatoms. The lowest BCUT2D eigenvalue weighted by Crippen LogP contribution is -2.35. The number of ether oxygens (including phenoxy) is 2. The van der Waals surface area contributed by atoms with Crippen molar-refractivity contribution in [1.29, 1.82) is 0 Å². The van der Waals surface area contributed by atoms with Crippen LogP contribution >= 0.6 is 0 Å². The number of hydrogen-bond donors (Lipinski definition) is 2. The molecule has 1 aromatic carbocycles. The molecule has 1 aliphatic carbocycles. The van der Waals surface area contributed by atoms with Crippen LogP contribution < -0.4 is 15.8 Å². The van der Waals surface area contributed by atoms with Crippen molar-refractivity contribution in [3.05, 3.63) is 18.2 Å². The number of nitrogens with two attached hydrogens (primary N) is 1. The maximum absolute atomic E-state index is 11.7. The lowest BCUT2D eigenvalue weighted by molar-refractivity contribution is -0.157. The van der Waals surface area contributed by atoms with Gasteiger partial charge in [0, 0.05) is 12.1 Å². The first-order chi connectivity index (χ1) is 11.9. The van der Waals surface area contributed by atoms with Gasteiger partial charge in [-0.25, -0.2) is 4.79 Å². The molecule has 1 aliphatic rings. The highest BCUT2D eigenvalue weighted by Crippen LogP contribution is 2.40. The minimum absolute atomic E-state index is 0.127. The number of nitrogen functional groups attached to an aromatic ring is 1. The molecule has 1 aromatic rings. The van der Waals surface area contributed by atoms with Gasteiger partial charge in [-0.15, -0.1) is 0 Å². The minimum Gasteiger partial charge on any atom is -0.482 e. The normalized spacial score (nSPS) is 22.5. The van der Waals surface area contributed by atoms with E-state index in [0.29, 0.717) is 28.8 Å². The van der Waals surface area contributed by atoms with Crippen LogP contribution in [-0.4, -0.2) is 24.2 Å². The van der Waals surface area contributed by atoms with E-state index < -0.39 is 11.6 Å². The molecule has 0 saturated heterocycles. The van der Waals surface area contributed by atoms with Gasteiger partial charge in [0.2, 0.25) is 0 Å². The van der Waals surface area contributed by atoms with Crippen molar-refractivity contribution in [3.8, 4) is 5.75 Å². The van der Waals surface area contributed by atoms with E-state index in [-0.39, 0.29) is 6.61 Å². The van der Waals surface area contributed by atoms with Crippen molar-refractivity contribution in [2.45, 2.75) is 72.4 Å². The predicted octanol–water partition coefficient (Wildman–Crippen LogP) is 4.62. The first kappa shape index (κ1) is 20.4. The maximum atomic E-state index is 11.7. The largest absolute Gasteiger partial charge is 0.482 e. The first-order valence-corrected chi connectivity index (χ1v) is 9.44. The number of rotatable bonds is 5. The Morgan fingerprint density at radius 2 is 2.00 bits per heavy atom. The summed E-state index contributed by atoms with van der Waals surface area (Å²) in [4.78, 5) is 11.7. The summed E-state index contributed by atoms with van der Waals surface area (Å²) in [6, 6.07) is 5.93. The molecule has 0 bridgehead atoms. The van der Waals surface area contributed by atoms with Gasteiger partial charge in [-0.1, -0.05) is 20.8 Å². The van der Waals surface area contributed by atoms with Gasteiger partial charge >= 0.3 is 5.97 Å². The van der Waals surface area contributed by atoms with Crippen molar-refractivity contribution < 1.29 is 14.3 Å². The molecule has 0 aromatic heterocycles. The number of benzene rings is 1. The van der Waals surface area contributed by atoms with Crippen molar-refractivity contribution >= 4 is 17.3 Å². The van der Waals surface area contributed by atoms with Crippen LogP contribution in [0.25, 0.3) is 0 Å². The summed E-state index contributed by atoms with van der Waals surface area (Å²) in [6.45, 7) is 12.3. The topological polar surface area (TPSA) is 73.6 Å². The molecule has 26 heavy (non-hydrogen) atoms. The summed E-state index contributed by atoms with van der Waals surface area (Å²) in [5.41, 5.74) is 7.57. The minimum atomic E-state index is -0.516. The molecule has 1 saturated carbocycles. The van der Waals surface area contributed by atoms with Gasteiger partial charge in [-0.05, 0) is 63.5 Å². The molecule has 3 N–H and O–H groups in total. The Kier molecular flexibility index (Phi) is 6.09. The Bertz CT molecular complexity index is 635. The van der Waals surface area contributed by atoms with Crippen LogP contribution in [-0.2, 0) is 9.53 Å². The monoisotopic (exact) mass is 362 g/mol. The van der Waals surface area contributed by atoms with Crippen molar-refractivity contribution in [1.82, 2.24) is 0 Å². The van der Waals surface area contributed by atoms with Crippen LogP contribution in [0.4, 0.5) is 11.4 Å². The lowest BCUT2D eigenvalue weighted by atomic mass is 9.70. The Morgan fingerprint density at radius 1 is 1.31 bits per heavy atom. The molecule has 5 nitrogen and oxygen atoms in total. The van der Waals surface area contributed by atoms with E-state index in [1.165, 1.54) is 6.42 Å². The molecule has 146 valence electrons. The predicted molar refractivity (Wildman–Crippen MR) is 106 cm³/mol. The van der Waals surface area contributed by atoms with E-state index in [1.54, 1.807) is 6.07 Å². The fourth-order valence-corrected chi connectivity index (χ4v) is 3.95. The fourth-order valence-electron chi connectivity index (χ4n) is 3.95. The summed E-state index contributed by atoms with van der Waals surface area (Å²) >= 11 is 0. The Morgan fingerprint density at radius 3 is 2.58 bits per heavy atom.